The van der Waals surface area contributed by atoms with Crippen LogP contribution in [0.25, 0.3) is 0 Å². The van der Waals surface area contributed by atoms with E-state index in [-0.39, 0.29) is 23.0 Å². The summed E-state index contributed by atoms with van der Waals surface area (Å²) >= 11 is 0. The van der Waals surface area contributed by atoms with Crippen LogP contribution in [0.2, 0.25) is 0 Å². The first kappa shape index (κ1) is 15.0. The van der Waals surface area contributed by atoms with E-state index < -0.39 is 0 Å². The van der Waals surface area contributed by atoms with Crippen molar-refractivity contribution in [2.45, 2.75) is 26.3 Å². The Morgan fingerprint density at radius 3 is 2.57 bits per heavy atom. The number of rotatable bonds is 3. The van der Waals surface area contributed by atoms with Crippen molar-refractivity contribution >= 4 is 17.3 Å². The number of halogens is 1. The Kier molecular flexibility index (Phi) is 4.21. The molecular formula is C16H18FN3O. The van der Waals surface area contributed by atoms with E-state index in [0.29, 0.717) is 11.4 Å². The van der Waals surface area contributed by atoms with Crippen LogP contribution in [0.4, 0.5) is 15.8 Å². The Morgan fingerprint density at radius 2 is 1.90 bits per heavy atom. The molecule has 0 aliphatic rings. The average molecular weight is 287 g/mol. The molecule has 2 N–H and O–H groups in total. The molecule has 1 amide bonds. The van der Waals surface area contributed by atoms with Gasteiger partial charge >= 0.3 is 0 Å². The third-order valence-electron chi connectivity index (χ3n) is 2.63. The first-order valence-electron chi connectivity index (χ1n) is 6.65. The molecule has 2 rings (SSSR count). The number of hydrogen-bond donors (Lipinski definition) is 2. The number of amides is 1. The Balaban J connectivity index is 2.18. The molecule has 0 saturated heterocycles. The summed E-state index contributed by atoms with van der Waals surface area (Å²) in [6.07, 6.45) is 1.51. The van der Waals surface area contributed by atoms with Crippen LogP contribution in [0.1, 0.15) is 31.3 Å². The Morgan fingerprint density at radius 1 is 1.19 bits per heavy atom. The minimum absolute atomic E-state index is 0.264. The van der Waals surface area contributed by atoms with E-state index in [1.54, 1.807) is 30.3 Å². The van der Waals surface area contributed by atoms with Crippen molar-refractivity contribution in [3.05, 3.63) is 54.1 Å². The number of nitrogens with zero attached hydrogens (tertiary/aromatic N) is 1. The summed E-state index contributed by atoms with van der Waals surface area (Å²) in [5, 5.41) is 5.77. The number of carbonyl (C=O) groups excluding carboxylic acids is 1. The van der Waals surface area contributed by atoms with Crippen molar-refractivity contribution in [2.24, 2.45) is 0 Å². The van der Waals surface area contributed by atoms with Gasteiger partial charge in [0, 0.05) is 17.4 Å². The summed E-state index contributed by atoms with van der Waals surface area (Å²) in [6, 6.07) is 9.63. The highest BCUT2D eigenvalue weighted by Crippen LogP contribution is 2.19. The monoisotopic (exact) mass is 287 g/mol. The van der Waals surface area contributed by atoms with Gasteiger partial charge in [0.05, 0.1) is 5.69 Å². The third kappa shape index (κ3) is 4.27. The lowest BCUT2D eigenvalue weighted by Crippen LogP contribution is -2.40. The van der Waals surface area contributed by atoms with E-state index in [1.807, 2.05) is 20.8 Å². The lowest BCUT2D eigenvalue weighted by Gasteiger charge is -2.20. The van der Waals surface area contributed by atoms with Gasteiger partial charge in [0.15, 0.2) is 0 Å². The zero-order valence-corrected chi connectivity index (χ0v) is 12.3. The molecule has 0 unspecified atom stereocenters. The molecule has 0 saturated carbocycles. The fourth-order valence-corrected chi connectivity index (χ4v) is 1.76. The van der Waals surface area contributed by atoms with Crippen molar-refractivity contribution in [2.75, 3.05) is 5.32 Å². The highest BCUT2D eigenvalue weighted by Gasteiger charge is 2.16. The van der Waals surface area contributed by atoms with Crippen LogP contribution in [-0.4, -0.2) is 16.4 Å². The van der Waals surface area contributed by atoms with E-state index in [4.69, 9.17) is 0 Å². The molecule has 21 heavy (non-hydrogen) atoms. The number of aromatic nitrogens is 1. The minimum atomic E-state index is -0.352. The SMILES string of the molecule is CC(C)(C)NC(=O)c1cc(Nc2ccccc2F)ccn1. The number of carbonyl (C=O) groups is 1. The van der Waals surface area contributed by atoms with Gasteiger partial charge in [-0.05, 0) is 45.0 Å². The standard InChI is InChI=1S/C16H18FN3O/c1-16(2,3)20-15(21)14-10-11(8-9-18-14)19-13-7-5-4-6-12(13)17/h4-10H,1-3H3,(H,18,19)(H,20,21). The van der Waals surface area contributed by atoms with Gasteiger partial charge in [0.1, 0.15) is 11.5 Å². The molecule has 1 aromatic heterocycles. The van der Waals surface area contributed by atoms with Crippen molar-refractivity contribution in [1.82, 2.24) is 10.3 Å². The van der Waals surface area contributed by atoms with E-state index in [0.717, 1.165) is 0 Å². The van der Waals surface area contributed by atoms with Crippen molar-refractivity contribution in [1.29, 1.82) is 0 Å². The summed E-state index contributed by atoms with van der Waals surface area (Å²) in [6.45, 7) is 5.69. The lowest BCUT2D eigenvalue weighted by atomic mass is 10.1. The van der Waals surface area contributed by atoms with Gasteiger partial charge in [-0.3, -0.25) is 9.78 Å². The molecule has 5 heteroatoms. The highest BCUT2D eigenvalue weighted by atomic mass is 19.1. The molecule has 4 nitrogen and oxygen atoms in total. The quantitative estimate of drug-likeness (QED) is 0.908. The maximum Gasteiger partial charge on any atom is 0.270 e. The van der Waals surface area contributed by atoms with Gasteiger partial charge in [0.2, 0.25) is 0 Å². The average Bonchev–Trinajstić information content (AvgIpc) is 2.40. The summed E-state index contributed by atoms with van der Waals surface area (Å²) in [7, 11) is 0. The van der Waals surface area contributed by atoms with Crippen LogP contribution in [0.5, 0.6) is 0 Å². The van der Waals surface area contributed by atoms with Gasteiger partial charge < -0.3 is 10.6 Å². The number of anilines is 2. The molecule has 0 aliphatic heterocycles. The highest BCUT2D eigenvalue weighted by molar-refractivity contribution is 5.93. The first-order chi connectivity index (χ1) is 9.85. The molecule has 2 aromatic rings. The fraction of sp³-hybridized carbons (Fsp3) is 0.250. The topological polar surface area (TPSA) is 54.0 Å². The van der Waals surface area contributed by atoms with Crippen LogP contribution < -0.4 is 10.6 Å². The number of benzene rings is 1. The molecule has 1 aromatic carbocycles. The molecule has 1 heterocycles. The van der Waals surface area contributed by atoms with E-state index in [9.17, 15) is 9.18 Å². The van der Waals surface area contributed by atoms with Crippen LogP contribution >= 0.6 is 0 Å². The lowest BCUT2D eigenvalue weighted by molar-refractivity contribution is 0.0914. The molecule has 0 bridgehead atoms. The molecule has 0 spiro atoms. The second-order valence-corrected chi connectivity index (χ2v) is 5.74. The number of pyridine rings is 1. The zero-order valence-electron chi connectivity index (χ0n) is 12.3. The van der Waals surface area contributed by atoms with Crippen LogP contribution in [0.15, 0.2) is 42.6 Å². The predicted molar refractivity (Wildman–Crippen MR) is 81.1 cm³/mol. The summed E-state index contributed by atoms with van der Waals surface area (Å²) in [5.74, 6) is -0.616. The maximum atomic E-state index is 13.6. The van der Waals surface area contributed by atoms with E-state index in [2.05, 4.69) is 15.6 Å². The van der Waals surface area contributed by atoms with Crippen molar-refractivity contribution in [3.8, 4) is 0 Å². The van der Waals surface area contributed by atoms with Crippen molar-refractivity contribution in [3.63, 3.8) is 0 Å². The zero-order chi connectivity index (χ0) is 15.5. The number of hydrogen-bond acceptors (Lipinski definition) is 3. The van der Waals surface area contributed by atoms with Crippen LogP contribution in [0, 0.1) is 5.82 Å². The molecule has 0 fully saturated rings. The maximum absolute atomic E-state index is 13.6. The smallest absolute Gasteiger partial charge is 0.270 e. The van der Waals surface area contributed by atoms with Gasteiger partial charge in [-0.25, -0.2) is 4.39 Å². The summed E-state index contributed by atoms with van der Waals surface area (Å²) in [5.41, 5.74) is 0.902. The van der Waals surface area contributed by atoms with E-state index >= 15 is 0 Å². The van der Waals surface area contributed by atoms with Crippen molar-refractivity contribution < 1.29 is 9.18 Å². The molecule has 0 aliphatic carbocycles. The predicted octanol–water partition coefficient (Wildman–Crippen LogP) is 3.49. The van der Waals surface area contributed by atoms with Crippen LogP contribution in [0.3, 0.4) is 0 Å². The Labute approximate surface area is 123 Å². The molecule has 110 valence electrons. The fourth-order valence-electron chi connectivity index (χ4n) is 1.76. The Bertz CT molecular complexity index is 650. The summed E-state index contributed by atoms with van der Waals surface area (Å²) < 4.78 is 13.6. The molecular weight excluding hydrogens is 269 g/mol. The largest absolute Gasteiger partial charge is 0.353 e. The third-order valence-corrected chi connectivity index (χ3v) is 2.63. The van der Waals surface area contributed by atoms with Crippen LogP contribution in [-0.2, 0) is 0 Å². The van der Waals surface area contributed by atoms with Gasteiger partial charge in [-0.2, -0.15) is 0 Å². The van der Waals surface area contributed by atoms with Gasteiger partial charge in [0.25, 0.3) is 5.91 Å². The second-order valence-electron chi connectivity index (χ2n) is 5.74. The second kappa shape index (κ2) is 5.91. The van der Waals surface area contributed by atoms with E-state index in [1.165, 1.54) is 12.3 Å². The normalized spacial score (nSPS) is 11.0. The molecule has 0 atom stereocenters. The van der Waals surface area contributed by atoms with Gasteiger partial charge in [-0.1, -0.05) is 12.1 Å². The number of nitrogens with one attached hydrogen (secondary N) is 2. The molecule has 0 radical (unpaired) electrons. The Hall–Kier alpha value is -2.43. The van der Waals surface area contributed by atoms with Gasteiger partial charge in [-0.15, -0.1) is 0 Å². The summed E-state index contributed by atoms with van der Waals surface area (Å²) in [4.78, 5) is 16.1. The minimum Gasteiger partial charge on any atom is -0.353 e. The first-order valence-corrected chi connectivity index (χ1v) is 6.65. The number of para-hydroxylation sites is 1.